The highest BCUT2D eigenvalue weighted by Gasteiger charge is 2.40. The van der Waals surface area contributed by atoms with Crippen LogP contribution in [0.2, 0.25) is 0 Å². The van der Waals surface area contributed by atoms with E-state index in [1.807, 2.05) is 9.80 Å². The summed E-state index contributed by atoms with van der Waals surface area (Å²) in [5.41, 5.74) is 0. The molecule has 0 aromatic heterocycles. The number of carbonyl (C=O) groups is 2. The lowest BCUT2D eigenvalue weighted by atomic mass is 10.2. The van der Waals surface area contributed by atoms with Gasteiger partial charge in [0.1, 0.15) is 0 Å². The number of nitrogens with one attached hydrogen (secondary N) is 1. The quantitative estimate of drug-likeness (QED) is 0.640. The Morgan fingerprint density at radius 2 is 2.13 bits per heavy atom. The van der Waals surface area contributed by atoms with Crippen molar-refractivity contribution in [1.82, 2.24) is 15.1 Å². The predicted octanol–water partition coefficient (Wildman–Crippen LogP) is -0.368. The van der Waals surface area contributed by atoms with E-state index in [0.29, 0.717) is 38.0 Å². The average molecular weight is 209 g/mol. The molecule has 2 saturated heterocycles. The van der Waals surface area contributed by atoms with Gasteiger partial charge in [-0.25, -0.2) is 4.79 Å². The molecule has 82 valence electrons. The third-order valence-electron chi connectivity index (χ3n) is 3.47. The zero-order valence-corrected chi connectivity index (χ0v) is 8.61. The van der Waals surface area contributed by atoms with E-state index in [9.17, 15) is 9.59 Å². The van der Waals surface area contributed by atoms with Crippen LogP contribution >= 0.6 is 0 Å². The first kappa shape index (κ1) is 9.00. The first-order valence-electron chi connectivity index (χ1n) is 5.59. The molecule has 0 unspecified atom stereocenters. The molecule has 2 aliphatic heterocycles. The Morgan fingerprint density at radius 1 is 1.33 bits per heavy atom. The molecule has 3 amide bonds. The van der Waals surface area contributed by atoms with Crippen molar-refractivity contribution >= 4 is 11.9 Å². The van der Waals surface area contributed by atoms with E-state index in [0.717, 1.165) is 12.8 Å². The van der Waals surface area contributed by atoms with E-state index in [2.05, 4.69) is 5.32 Å². The van der Waals surface area contributed by atoms with E-state index < -0.39 is 0 Å². The van der Waals surface area contributed by atoms with Crippen molar-refractivity contribution in [3.05, 3.63) is 0 Å². The minimum Gasteiger partial charge on any atom is -0.339 e. The molecular formula is C10H15N3O2. The summed E-state index contributed by atoms with van der Waals surface area (Å²) in [4.78, 5) is 26.9. The summed E-state index contributed by atoms with van der Waals surface area (Å²) in [5.74, 6) is 0.593. The van der Waals surface area contributed by atoms with E-state index in [1.165, 1.54) is 0 Å². The van der Waals surface area contributed by atoms with Gasteiger partial charge in [-0.05, 0) is 12.8 Å². The van der Waals surface area contributed by atoms with Gasteiger partial charge in [-0.3, -0.25) is 4.79 Å². The van der Waals surface area contributed by atoms with Crippen LogP contribution in [0.1, 0.15) is 12.8 Å². The van der Waals surface area contributed by atoms with Crippen LogP contribution in [0, 0.1) is 5.92 Å². The molecule has 5 heteroatoms. The molecule has 0 radical (unpaired) electrons. The van der Waals surface area contributed by atoms with Crippen LogP contribution in [0.5, 0.6) is 0 Å². The van der Waals surface area contributed by atoms with Crippen LogP contribution < -0.4 is 5.32 Å². The van der Waals surface area contributed by atoms with Crippen LogP contribution in [0.15, 0.2) is 0 Å². The van der Waals surface area contributed by atoms with Gasteiger partial charge in [-0.2, -0.15) is 0 Å². The maximum absolute atomic E-state index is 11.8. The maximum Gasteiger partial charge on any atom is 0.317 e. The van der Waals surface area contributed by atoms with Crippen molar-refractivity contribution in [2.24, 2.45) is 5.92 Å². The fourth-order valence-corrected chi connectivity index (χ4v) is 2.39. The SMILES string of the molecule is O=C(C1CC1)N1CCN2C(=O)NC[C@H]2C1. The normalized spacial score (nSPS) is 30.1. The summed E-state index contributed by atoms with van der Waals surface area (Å²) in [6.07, 6.45) is 2.11. The number of nitrogens with zero attached hydrogens (tertiary/aromatic N) is 2. The molecule has 3 fully saturated rings. The fraction of sp³-hybridized carbons (Fsp3) is 0.800. The van der Waals surface area contributed by atoms with E-state index in [-0.39, 0.29) is 12.1 Å². The monoisotopic (exact) mass is 209 g/mol. The zero-order chi connectivity index (χ0) is 10.4. The van der Waals surface area contributed by atoms with Crippen LogP contribution in [-0.2, 0) is 4.79 Å². The number of piperazine rings is 1. The van der Waals surface area contributed by atoms with Crippen molar-refractivity contribution in [1.29, 1.82) is 0 Å². The summed E-state index contributed by atoms with van der Waals surface area (Å²) >= 11 is 0. The zero-order valence-electron chi connectivity index (χ0n) is 8.61. The van der Waals surface area contributed by atoms with Crippen molar-refractivity contribution in [3.8, 4) is 0 Å². The number of hydrogen-bond donors (Lipinski definition) is 1. The average Bonchev–Trinajstić information content (AvgIpc) is 3.03. The summed E-state index contributed by atoms with van der Waals surface area (Å²) in [6, 6.07) is 0.229. The second kappa shape index (κ2) is 3.12. The van der Waals surface area contributed by atoms with Crippen molar-refractivity contribution < 1.29 is 9.59 Å². The Balaban J connectivity index is 1.66. The van der Waals surface area contributed by atoms with Gasteiger partial charge in [-0.15, -0.1) is 0 Å². The lowest BCUT2D eigenvalue weighted by Crippen LogP contribution is -2.54. The molecule has 5 nitrogen and oxygen atoms in total. The Morgan fingerprint density at radius 3 is 2.87 bits per heavy atom. The highest BCUT2D eigenvalue weighted by atomic mass is 16.2. The Kier molecular flexibility index (Phi) is 1.87. The maximum atomic E-state index is 11.8. The number of fused-ring (bicyclic) bond motifs is 1. The molecule has 1 aliphatic carbocycles. The smallest absolute Gasteiger partial charge is 0.317 e. The molecule has 0 spiro atoms. The van der Waals surface area contributed by atoms with Crippen molar-refractivity contribution in [2.75, 3.05) is 26.2 Å². The fourth-order valence-electron chi connectivity index (χ4n) is 2.39. The second-order valence-corrected chi connectivity index (χ2v) is 4.59. The van der Waals surface area contributed by atoms with Gasteiger partial charge in [0.25, 0.3) is 0 Å². The highest BCUT2D eigenvalue weighted by Crippen LogP contribution is 2.31. The van der Waals surface area contributed by atoms with Gasteiger partial charge in [0.05, 0.1) is 6.04 Å². The number of hydrogen-bond acceptors (Lipinski definition) is 2. The number of amides is 3. The summed E-state index contributed by atoms with van der Waals surface area (Å²) in [5, 5.41) is 2.81. The summed E-state index contributed by atoms with van der Waals surface area (Å²) in [6.45, 7) is 2.80. The molecule has 1 atom stereocenters. The lowest BCUT2D eigenvalue weighted by Gasteiger charge is -2.36. The topological polar surface area (TPSA) is 52.7 Å². The Hall–Kier alpha value is -1.26. The van der Waals surface area contributed by atoms with Crippen molar-refractivity contribution in [2.45, 2.75) is 18.9 Å². The summed E-state index contributed by atoms with van der Waals surface area (Å²) < 4.78 is 0. The van der Waals surface area contributed by atoms with Gasteiger partial charge in [0, 0.05) is 32.1 Å². The molecule has 3 aliphatic rings. The summed E-state index contributed by atoms with van der Waals surface area (Å²) in [7, 11) is 0. The third kappa shape index (κ3) is 1.46. The van der Waals surface area contributed by atoms with E-state index in [1.54, 1.807) is 0 Å². The molecular weight excluding hydrogens is 194 g/mol. The number of rotatable bonds is 1. The predicted molar refractivity (Wildman–Crippen MR) is 53.2 cm³/mol. The van der Waals surface area contributed by atoms with Crippen LogP contribution in [0.25, 0.3) is 0 Å². The minimum atomic E-state index is 0.0264. The van der Waals surface area contributed by atoms with Crippen LogP contribution in [-0.4, -0.2) is 54.0 Å². The molecule has 3 rings (SSSR count). The molecule has 0 aromatic carbocycles. The first-order valence-corrected chi connectivity index (χ1v) is 5.59. The standard InChI is InChI=1S/C10H15N3O2/c14-9(7-1-2-7)12-3-4-13-8(6-12)5-11-10(13)15/h7-8H,1-6H2,(H,11,15)/t8-/m0/s1. The Labute approximate surface area is 88.4 Å². The van der Waals surface area contributed by atoms with Gasteiger partial charge < -0.3 is 15.1 Å². The highest BCUT2D eigenvalue weighted by molar-refractivity contribution is 5.82. The van der Waals surface area contributed by atoms with Gasteiger partial charge in [0.15, 0.2) is 0 Å². The molecule has 2 heterocycles. The number of urea groups is 1. The number of carbonyl (C=O) groups excluding carboxylic acids is 2. The second-order valence-electron chi connectivity index (χ2n) is 4.59. The van der Waals surface area contributed by atoms with Gasteiger partial charge in [-0.1, -0.05) is 0 Å². The van der Waals surface area contributed by atoms with Gasteiger partial charge in [0.2, 0.25) is 5.91 Å². The minimum absolute atomic E-state index is 0.0264. The molecule has 0 aromatic rings. The van der Waals surface area contributed by atoms with E-state index >= 15 is 0 Å². The van der Waals surface area contributed by atoms with Crippen LogP contribution in [0.4, 0.5) is 4.79 Å². The Bertz CT molecular complexity index is 314. The van der Waals surface area contributed by atoms with Gasteiger partial charge >= 0.3 is 6.03 Å². The molecule has 0 bridgehead atoms. The van der Waals surface area contributed by atoms with E-state index in [4.69, 9.17) is 0 Å². The first-order chi connectivity index (χ1) is 7.25. The third-order valence-corrected chi connectivity index (χ3v) is 3.47. The van der Waals surface area contributed by atoms with Crippen LogP contribution in [0.3, 0.4) is 0 Å². The largest absolute Gasteiger partial charge is 0.339 e. The molecule has 15 heavy (non-hydrogen) atoms. The van der Waals surface area contributed by atoms with Crippen molar-refractivity contribution in [3.63, 3.8) is 0 Å². The lowest BCUT2D eigenvalue weighted by molar-refractivity contribution is -0.134. The molecule has 1 N–H and O–H groups in total. The molecule has 1 saturated carbocycles.